The van der Waals surface area contributed by atoms with Gasteiger partial charge in [-0.2, -0.15) is 13.2 Å². The number of rotatable bonds is 5. The quantitative estimate of drug-likeness (QED) is 0.774. The molecule has 1 unspecified atom stereocenters. The highest BCUT2D eigenvalue weighted by molar-refractivity contribution is 4.81. The Bertz CT molecular complexity index is 207. The minimum atomic E-state index is -4.02. The van der Waals surface area contributed by atoms with Crippen LogP contribution >= 0.6 is 0 Å². The smallest absolute Gasteiger partial charge is 0.314 e. The largest absolute Gasteiger partial charge is 0.389 e. The third-order valence-corrected chi connectivity index (χ3v) is 3.83. The molecule has 1 aliphatic carbocycles. The van der Waals surface area contributed by atoms with Crippen molar-refractivity contribution in [2.75, 3.05) is 6.54 Å². The Kier molecular flexibility index (Phi) is 5.77. The van der Waals surface area contributed by atoms with E-state index in [4.69, 9.17) is 0 Å². The highest BCUT2D eigenvalue weighted by Gasteiger charge is 2.31. The van der Waals surface area contributed by atoms with E-state index in [-0.39, 0.29) is 12.5 Å². The molecular weight excluding hydrogens is 227 g/mol. The average Bonchev–Trinajstić information content (AvgIpc) is 2.24. The summed E-state index contributed by atoms with van der Waals surface area (Å²) in [6, 6.07) is 0.0501. The van der Waals surface area contributed by atoms with Crippen molar-refractivity contribution >= 4 is 0 Å². The second-order valence-corrected chi connectivity index (χ2v) is 5.34. The van der Waals surface area contributed by atoms with E-state index in [9.17, 15) is 13.2 Å². The minimum absolute atomic E-state index is 0.0501. The Balaban J connectivity index is 2.41. The first-order valence-electron chi connectivity index (χ1n) is 6.72. The van der Waals surface area contributed by atoms with Crippen LogP contribution < -0.4 is 5.32 Å². The molecule has 102 valence electrons. The molecule has 0 aromatic rings. The summed E-state index contributed by atoms with van der Waals surface area (Å²) in [6.45, 7) is 4.95. The van der Waals surface area contributed by atoms with Crippen LogP contribution in [-0.4, -0.2) is 18.8 Å². The number of halogens is 3. The van der Waals surface area contributed by atoms with Gasteiger partial charge in [0.05, 0.1) is 0 Å². The molecule has 0 saturated heterocycles. The summed E-state index contributed by atoms with van der Waals surface area (Å²) in [4.78, 5) is 0. The minimum Gasteiger partial charge on any atom is -0.314 e. The van der Waals surface area contributed by atoms with Gasteiger partial charge in [0.15, 0.2) is 0 Å². The van der Waals surface area contributed by atoms with Gasteiger partial charge in [-0.3, -0.25) is 0 Å². The van der Waals surface area contributed by atoms with E-state index in [2.05, 4.69) is 12.2 Å². The molecule has 0 aromatic heterocycles. The Morgan fingerprint density at radius 1 is 1.18 bits per heavy atom. The van der Waals surface area contributed by atoms with Crippen LogP contribution in [0.4, 0.5) is 13.2 Å². The van der Waals surface area contributed by atoms with Gasteiger partial charge in [-0.05, 0) is 37.6 Å². The van der Waals surface area contributed by atoms with Crippen molar-refractivity contribution in [1.29, 1.82) is 0 Å². The normalized spacial score (nSPS) is 28.1. The van der Waals surface area contributed by atoms with E-state index in [1.807, 2.05) is 6.92 Å². The fraction of sp³-hybridized carbons (Fsp3) is 1.00. The lowest BCUT2D eigenvalue weighted by Crippen LogP contribution is -2.38. The van der Waals surface area contributed by atoms with Crippen LogP contribution in [0.15, 0.2) is 0 Å². The Morgan fingerprint density at radius 3 is 2.24 bits per heavy atom. The predicted molar refractivity (Wildman–Crippen MR) is 63.9 cm³/mol. The zero-order chi connectivity index (χ0) is 12.9. The summed E-state index contributed by atoms with van der Waals surface area (Å²) >= 11 is 0. The summed E-state index contributed by atoms with van der Waals surface area (Å²) in [5.74, 6) is 1.18. The van der Waals surface area contributed by atoms with Crippen LogP contribution in [0.1, 0.15) is 52.4 Å². The third kappa shape index (κ3) is 5.75. The van der Waals surface area contributed by atoms with Gasteiger partial charge in [-0.25, -0.2) is 0 Å². The first-order chi connectivity index (χ1) is 7.92. The average molecular weight is 251 g/mol. The Labute approximate surface area is 102 Å². The van der Waals surface area contributed by atoms with Crippen molar-refractivity contribution in [3.05, 3.63) is 0 Å². The van der Waals surface area contributed by atoms with Crippen molar-refractivity contribution in [3.8, 4) is 0 Å². The lowest BCUT2D eigenvalue weighted by molar-refractivity contribution is -0.137. The second-order valence-electron chi connectivity index (χ2n) is 5.34. The second kappa shape index (κ2) is 6.62. The van der Waals surface area contributed by atoms with E-state index >= 15 is 0 Å². The summed E-state index contributed by atoms with van der Waals surface area (Å²) in [5.41, 5.74) is 0. The van der Waals surface area contributed by atoms with Gasteiger partial charge in [0.25, 0.3) is 0 Å². The fourth-order valence-corrected chi connectivity index (χ4v) is 2.77. The van der Waals surface area contributed by atoms with E-state index < -0.39 is 12.6 Å². The number of hydrogen-bond donors (Lipinski definition) is 1. The third-order valence-electron chi connectivity index (χ3n) is 3.83. The van der Waals surface area contributed by atoms with Gasteiger partial charge in [0, 0.05) is 12.5 Å². The van der Waals surface area contributed by atoms with E-state index in [0.29, 0.717) is 5.92 Å². The Hall–Kier alpha value is -0.250. The molecular formula is C13H24F3N. The molecule has 0 radical (unpaired) electrons. The van der Waals surface area contributed by atoms with Crippen molar-refractivity contribution in [2.24, 2.45) is 11.8 Å². The number of hydrogen-bond acceptors (Lipinski definition) is 1. The standard InChI is InChI=1S/C13H24F3N/c1-3-17-12(8-9-13(14,15)16)11-6-4-10(2)5-7-11/h10-12,17H,3-9H2,1-2H3. The van der Waals surface area contributed by atoms with Crippen LogP contribution in [0.5, 0.6) is 0 Å². The van der Waals surface area contributed by atoms with Gasteiger partial charge in [0.1, 0.15) is 0 Å². The lowest BCUT2D eigenvalue weighted by Gasteiger charge is -2.33. The van der Waals surface area contributed by atoms with E-state index in [1.54, 1.807) is 0 Å². The van der Waals surface area contributed by atoms with E-state index in [1.165, 1.54) is 12.8 Å². The lowest BCUT2D eigenvalue weighted by atomic mass is 9.78. The molecule has 0 aromatic carbocycles. The SMILES string of the molecule is CCNC(CCC(F)(F)F)C1CCC(C)CC1. The first kappa shape index (κ1) is 14.8. The van der Waals surface area contributed by atoms with Crippen LogP contribution in [0, 0.1) is 11.8 Å². The van der Waals surface area contributed by atoms with Gasteiger partial charge in [-0.1, -0.05) is 26.7 Å². The molecule has 1 nitrogen and oxygen atoms in total. The zero-order valence-electron chi connectivity index (χ0n) is 10.8. The monoisotopic (exact) mass is 251 g/mol. The molecule has 1 N–H and O–H groups in total. The molecule has 0 bridgehead atoms. The van der Waals surface area contributed by atoms with E-state index in [0.717, 1.165) is 25.3 Å². The van der Waals surface area contributed by atoms with Crippen LogP contribution in [-0.2, 0) is 0 Å². The summed E-state index contributed by atoms with van der Waals surface area (Å²) in [5, 5.41) is 3.24. The molecule has 17 heavy (non-hydrogen) atoms. The number of alkyl halides is 3. The topological polar surface area (TPSA) is 12.0 Å². The molecule has 1 fully saturated rings. The van der Waals surface area contributed by atoms with Gasteiger partial charge in [0.2, 0.25) is 0 Å². The summed E-state index contributed by atoms with van der Waals surface area (Å²) in [7, 11) is 0. The molecule has 1 aliphatic rings. The maximum atomic E-state index is 12.3. The summed E-state index contributed by atoms with van der Waals surface area (Å²) in [6.07, 6.45) is 0.0489. The van der Waals surface area contributed by atoms with Gasteiger partial charge >= 0.3 is 6.18 Å². The maximum Gasteiger partial charge on any atom is 0.389 e. The first-order valence-corrected chi connectivity index (χ1v) is 6.72. The molecule has 0 amide bonds. The van der Waals surface area contributed by atoms with Crippen molar-refractivity contribution in [1.82, 2.24) is 5.32 Å². The molecule has 0 heterocycles. The maximum absolute atomic E-state index is 12.3. The molecule has 0 aliphatic heterocycles. The van der Waals surface area contributed by atoms with Crippen molar-refractivity contribution in [2.45, 2.75) is 64.6 Å². The van der Waals surface area contributed by atoms with Crippen LogP contribution in [0.3, 0.4) is 0 Å². The van der Waals surface area contributed by atoms with Gasteiger partial charge in [-0.15, -0.1) is 0 Å². The molecule has 1 atom stereocenters. The van der Waals surface area contributed by atoms with Gasteiger partial charge < -0.3 is 5.32 Å². The highest BCUT2D eigenvalue weighted by Crippen LogP contribution is 2.33. The van der Waals surface area contributed by atoms with Crippen LogP contribution in [0.2, 0.25) is 0 Å². The van der Waals surface area contributed by atoms with Crippen molar-refractivity contribution in [3.63, 3.8) is 0 Å². The molecule has 4 heteroatoms. The molecule has 1 saturated carbocycles. The van der Waals surface area contributed by atoms with Crippen molar-refractivity contribution < 1.29 is 13.2 Å². The fourth-order valence-electron chi connectivity index (χ4n) is 2.77. The molecule has 1 rings (SSSR count). The summed E-state index contributed by atoms with van der Waals surface area (Å²) < 4.78 is 36.8. The Morgan fingerprint density at radius 2 is 1.76 bits per heavy atom. The van der Waals surface area contributed by atoms with Crippen LogP contribution in [0.25, 0.3) is 0 Å². The predicted octanol–water partition coefficient (Wildman–Crippen LogP) is 4.13. The number of nitrogens with one attached hydrogen (secondary N) is 1. The highest BCUT2D eigenvalue weighted by atomic mass is 19.4. The zero-order valence-corrected chi connectivity index (χ0v) is 10.8. The molecule has 0 spiro atoms.